The summed E-state index contributed by atoms with van der Waals surface area (Å²) >= 11 is 0. The average Bonchev–Trinajstić information content (AvgIpc) is 2.84. The van der Waals surface area contributed by atoms with Crippen LogP contribution in [-0.4, -0.2) is 32.8 Å². The van der Waals surface area contributed by atoms with Gasteiger partial charge in [-0.3, -0.25) is 4.79 Å². The van der Waals surface area contributed by atoms with Crippen LogP contribution in [0.1, 0.15) is 15.9 Å². The minimum Gasteiger partial charge on any atom is -0.496 e. The van der Waals surface area contributed by atoms with Crippen LogP contribution in [0.2, 0.25) is 0 Å². The van der Waals surface area contributed by atoms with Gasteiger partial charge in [0.1, 0.15) is 5.75 Å². The number of nitrogens with one attached hydrogen (secondary N) is 1. The van der Waals surface area contributed by atoms with Crippen LogP contribution in [0.15, 0.2) is 95.9 Å². The molecule has 0 spiro atoms. The maximum absolute atomic E-state index is 13.0. The van der Waals surface area contributed by atoms with Crippen LogP contribution in [-0.2, 0) is 16.6 Å². The van der Waals surface area contributed by atoms with Crippen molar-refractivity contribution in [2.45, 2.75) is 11.4 Å². The van der Waals surface area contributed by atoms with Crippen molar-refractivity contribution in [2.75, 3.05) is 19.5 Å². The lowest BCUT2D eigenvalue weighted by atomic mass is 10.1. The fourth-order valence-electron chi connectivity index (χ4n) is 3.67. The summed E-state index contributed by atoms with van der Waals surface area (Å²) in [5, 5.41) is 4.93. The van der Waals surface area contributed by atoms with Crippen LogP contribution in [0.3, 0.4) is 0 Å². The highest BCUT2D eigenvalue weighted by Crippen LogP contribution is 2.26. The van der Waals surface area contributed by atoms with E-state index < -0.39 is 10.0 Å². The van der Waals surface area contributed by atoms with Gasteiger partial charge in [-0.1, -0.05) is 54.6 Å². The number of methoxy groups -OCH3 is 1. The summed E-state index contributed by atoms with van der Waals surface area (Å²) in [6, 6.07) is 26.8. The molecule has 4 aromatic rings. The van der Waals surface area contributed by atoms with E-state index >= 15 is 0 Å². The minimum atomic E-state index is -3.69. The Morgan fingerprint density at radius 3 is 2.36 bits per heavy atom. The average molecular weight is 461 g/mol. The predicted octanol–water partition coefficient (Wildman–Crippen LogP) is 4.92. The van der Waals surface area contributed by atoms with Crippen LogP contribution in [0.25, 0.3) is 10.8 Å². The summed E-state index contributed by atoms with van der Waals surface area (Å²) in [5.41, 5.74) is 1.70. The number of fused-ring (bicyclic) bond motifs is 1. The van der Waals surface area contributed by atoms with Gasteiger partial charge in [0, 0.05) is 35.8 Å². The number of hydrogen-bond donors (Lipinski definition) is 1. The molecule has 0 radical (unpaired) electrons. The van der Waals surface area contributed by atoms with Gasteiger partial charge in [-0.05, 0) is 41.8 Å². The monoisotopic (exact) mass is 460 g/mol. The van der Waals surface area contributed by atoms with Crippen molar-refractivity contribution in [3.63, 3.8) is 0 Å². The van der Waals surface area contributed by atoms with Gasteiger partial charge in [-0.15, -0.1) is 0 Å². The van der Waals surface area contributed by atoms with E-state index in [1.54, 1.807) is 48.5 Å². The first-order valence-corrected chi connectivity index (χ1v) is 11.8. The van der Waals surface area contributed by atoms with Crippen LogP contribution < -0.4 is 10.1 Å². The Kier molecular flexibility index (Phi) is 6.44. The van der Waals surface area contributed by atoms with Crippen LogP contribution in [0.4, 0.5) is 5.69 Å². The fourth-order valence-corrected chi connectivity index (χ4v) is 4.84. The number of carbonyl (C=O) groups is 1. The van der Waals surface area contributed by atoms with Crippen molar-refractivity contribution in [1.29, 1.82) is 0 Å². The molecule has 0 aliphatic rings. The maximum atomic E-state index is 13.0. The van der Waals surface area contributed by atoms with E-state index in [9.17, 15) is 13.2 Å². The fraction of sp³-hybridized carbons (Fsp3) is 0.115. The van der Waals surface area contributed by atoms with Crippen LogP contribution >= 0.6 is 0 Å². The third kappa shape index (κ3) is 4.74. The molecule has 4 rings (SSSR count). The zero-order chi connectivity index (χ0) is 23.4. The van der Waals surface area contributed by atoms with Gasteiger partial charge in [0.25, 0.3) is 5.91 Å². The molecule has 0 bridgehead atoms. The molecular weight excluding hydrogens is 436 g/mol. The van der Waals surface area contributed by atoms with Gasteiger partial charge in [0.05, 0.1) is 12.0 Å². The van der Waals surface area contributed by atoms with E-state index in [2.05, 4.69) is 5.32 Å². The normalized spacial score (nSPS) is 11.5. The van der Waals surface area contributed by atoms with Gasteiger partial charge in [-0.2, -0.15) is 4.31 Å². The molecular formula is C26H24N2O4S. The van der Waals surface area contributed by atoms with Crippen molar-refractivity contribution >= 4 is 32.4 Å². The summed E-state index contributed by atoms with van der Waals surface area (Å²) in [7, 11) is -0.672. The topological polar surface area (TPSA) is 75.7 Å². The molecule has 0 unspecified atom stereocenters. The Labute approximate surface area is 193 Å². The quantitative estimate of drug-likeness (QED) is 0.425. The van der Waals surface area contributed by atoms with Gasteiger partial charge in [0.2, 0.25) is 10.0 Å². The molecule has 168 valence electrons. The standard InChI is InChI=1S/C26H24N2O4S/c1-28(33(30,31)22-11-4-3-5-12-22)18-21-17-20(15-16-25(21)32-2)26(29)27-24-14-8-10-19-9-6-7-13-23(19)24/h3-17H,18H2,1-2H3,(H,27,29). The Balaban J connectivity index is 1.60. The molecule has 0 atom stereocenters. The number of rotatable bonds is 7. The third-order valence-electron chi connectivity index (χ3n) is 5.42. The molecule has 0 saturated heterocycles. The lowest BCUT2D eigenvalue weighted by molar-refractivity contribution is 0.102. The molecule has 0 aliphatic carbocycles. The Morgan fingerprint density at radius 2 is 1.61 bits per heavy atom. The number of benzene rings is 4. The largest absolute Gasteiger partial charge is 0.496 e. The summed E-state index contributed by atoms with van der Waals surface area (Å²) in [6.07, 6.45) is 0. The summed E-state index contributed by atoms with van der Waals surface area (Å²) in [6.45, 7) is 0.0514. The van der Waals surface area contributed by atoms with Crippen molar-refractivity contribution in [2.24, 2.45) is 0 Å². The zero-order valence-corrected chi connectivity index (χ0v) is 19.2. The number of hydrogen-bond acceptors (Lipinski definition) is 4. The Hall–Kier alpha value is -3.68. The van der Waals surface area contributed by atoms with Gasteiger partial charge in [0.15, 0.2) is 0 Å². The molecule has 0 saturated carbocycles. The number of nitrogens with zero attached hydrogens (tertiary/aromatic N) is 1. The molecule has 1 amide bonds. The Morgan fingerprint density at radius 1 is 0.909 bits per heavy atom. The number of sulfonamides is 1. The highest BCUT2D eigenvalue weighted by molar-refractivity contribution is 7.89. The first kappa shape index (κ1) is 22.5. The van der Waals surface area contributed by atoms with E-state index in [0.29, 0.717) is 22.6 Å². The van der Waals surface area contributed by atoms with Crippen molar-refractivity contribution in [1.82, 2.24) is 4.31 Å². The van der Waals surface area contributed by atoms with Gasteiger partial charge in [-0.25, -0.2) is 8.42 Å². The molecule has 0 aromatic heterocycles. The van der Waals surface area contributed by atoms with Gasteiger partial charge >= 0.3 is 0 Å². The first-order chi connectivity index (χ1) is 15.9. The van der Waals surface area contributed by atoms with Gasteiger partial charge < -0.3 is 10.1 Å². The van der Waals surface area contributed by atoms with Crippen molar-refractivity contribution in [3.8, 4) is 5.75 Å². The highest BCUT2D eigenvalue weighted by atomic mass is 32.2. The van der Waals surface area contributed by atoms with E-state index in [-0.39, 0.29) is 17.3 Å². The second-order valence-corrected chi connectivity index (χ2v) is 9.63. The second-order valence-electron chi connectivity index (χ2n) is 7.58. The molecule has 4 aromatic carbocycles. The molecule has 0 fully saturated rings. The first-order valence-electron chi connectivity index (χ1n) is 10.4. The van der Waals surface area contributed by atoms with Crippen molar-refractivity contribution in [3.05, 3.63) is 102 Å². The lowest BCUT2D eigenvalue weighted by Crippen LogP contribution is -2.27. The maximum Gasteiger partial charge on any atom is 0.255 e. The van der Waals surface area contributed by atoms with Crippen molar-refractivity contribution < 1.29 is 17.9 Å². The predicted molar refractivity (Wildman–Crippen MR) is 130 cm³/mol. The minimum absolute atomic E-state index is 0.0514. The molecule has 33 heavy (non-hydrogen) atoms. The number of ether oxygens (including phenoxy) is 1. The van der Waals surface area contributed by atoms with E-state index in [1.807, 2.05) is 42.5 Å². The lowest BCUT2D eigenvalue weighted by Gasteiger charge is -2.19. The number of carbonyl (C=O) groups excluding carboxylic acids is 1. The summed E-state index contributed by atoms with van der Waals surface area (Å²) < 4.78 is 32.5. The molecule has 6 nitrogen and oxygen atoms in total. The van der Waals surface area contributed by atoms with Crippen LogP contribution in [0.5, 0.6) is 5.75 Å². The molecule has 0 aliphatic heterocycles. The van der Waals surface area contributed by atoms with E-state index in [0.717, 1.165) is 10.8 Å². The summed E-state index contributed by atoms with van der Waals surface area (Å²) in [4.78, 5) is 13.2. The number of amides is 1. The SMILES string of the molecule is COc1ccc(C(=O)Nc2cccc3ccccc23)cc1CN(C)S(=O)(=O)c1ccccc1. The second kappa shape index (κ2) is 9.44. The molecule has 7 heteroatoms. The van der Waals surface area contributed by atoms with E-state index in [1.165, 1.54) is 18.5 Å². The number of anilines is 1. The smallest absolute Gasteiger partial charge is 0.255 e. The molecule has 1 N–H and O–H groups in total. The zero-order valence-electron chi connectivity index (χ0n) is 18.4. The van der Waals surface area contributed by atoms with E-state index in [4.69, 9.17) is 4.74 Å². The molecule has 0 heterocycles. The highest BCUT2D eigenvalue weighted by Gasteiger charge is 2.22. The van der Waals surface area contributed by atoms with Crippen LogP contribution in [0, 0.1) is 0 Å². The third-order valence-corrected chi connectivity index (χ3v) is 7.24. The summed E-state index contributed by atoms with van der Waals surface area (Å²) in [5.74, 6) is 0.218. The Bertz CT molecular complexity index is 1400.